The number of aromatic nitrogens is 3. The first kappa shape index (κ1) is 31.4. The highest BCUT2D eigenvalue weighted by Crippen LogP contribution is 2.60. The Morgan fingerprint density at radius 1 is 0.444 bits per heavy atom. The molecule has 0 spiro atoms. The lowest BCUT2D eigenvalue weighted by atomic mass is 9.48. The molecule has 4 nitrogen and oxygen atoms in total. The van der Waals surface area contributed by atoms with E-state index in [4.69, 9.17) is 15.0 Å². The van der Waals surface area contributed by atoms with Gasteiger partial charge in [0.05, 0.1) is 11.6 Å². The van der Waals surface area contributed by atoms with Crippen LogP contribution in [-0.4, -0.2) is 15.0 Å². The van der Waals surface area contributed by atoms with Crippen LogP contribution in [-0.2, 0) is 5.41 Å². The molecule has 0 saturated heterocycles. The van der Waals surface area contributed by atoms with Gasteiger partial charge in [-0.3, -0.25) is 0 Å². The molecule has 258 valence electrons. The van der Waals surface area contributed by atoms with Crippen LogP contribution in [0.2, 0.25) is 0 Å². The van der Waals surface area contributed by atoms with E-state index in [1.54, 1.807) is 0 Å². The zero-order chi connectivity index (χ0) is 35.8. The first-order valence-corrected chi connectivity index (χ1v) is 19.4. The van der Waals surface area contributed by atoms with Gasteiger partial charge in [-0.05, 0) is 135 Å². The van der Waals surface area contributed by atoms with E-state index in [1.165, 1.54) is 60.4 Å². The van der Waals surface area contributed by atoms with Crippen molar-refractivity contribution in [2.24, 2.45) is 17.8 Å². The highest BCUT2D eigenvalue weighted by Gasteiger charge is 2.51. The largest absolute Gasteiger partial charge is 0.208 e. The molecule has 54 heavy (non-hydrogen) atoms. The Morgan fingerprint density at radius 3 is 1.57 bits per heavy atom. The summed E-state index contributed by atoms with van der Waals surface area (Å²) < 4.78 is 0. The number of hydrogen-bond donors (Lipinski definition) is 0. The molecule has 12 rings (SSSR count). The molecule has 0 unspecified atom stereocenters. The molecule has 4 aliphatic carbocycles. The van der Waals surface area contributed by atoms with Crippen LogP contribution >= 0.6 is 0 Å². The summed E-state index contributed by atoms with van der Waals surface area (Å²) in [5.74, 6) is 4.73. The van der Waals surface area contributed by atoms with Crippen LogP contribution in [0.3, 0.4) is 0 Å². The number of benzene rings is 7. The van der Waals surface area contributed by atoms with Gasteiger partial charge in [0.1, 0.15) is 0 Å². The van der Waals surface area contributed by atoms with Crippen molar-refractivity contribution in [2.75, 3.05) is 0 Å². The van der Waals surface area contributed by atoms with Crippen molar-refractivity contribution in [1.82, 2.24) is 15.0 Å². The molecule has 8 aromatic rings. The van der Waals surface area contributed by atoms with Crippen LogP contribution in [0.15, 0.2) is 140 Å². The molecule has 0 radical (unpaired) electrons. The summed E-state index contributed by atoms with van der Waals surface area (Å²) in [5, 5.41) is 16.3. The lowest BCUT2D eigenvalue weighted by Gasteiger charge is -2.57. The van der Waals surface area contributed by atoms with Gasteiger partial charge < -0.3 is 0 Å². The highest BCUT2D eigenvalue weighted by atomic mass is 15.0. The quantitative estimate of drug-likeness (QED) is 0.168. The molecule has 0 N–H and O–H groups in total. The van der Waals surface area contributed by atoms with Gasteiger partial charge in [0.2, 0.25) is 0 Å². The van der Waals surface area contributed by atoms with E-state index in [-0.39, 0.29) is 0 Å². The molecule has 1 heterocycles. The molecular weight excluding hydrogens is 657 g/mol. The summed E-state index contributed by atoms with van der Waals surface area (Å²) >= 11 is 0. The lowest BCUT2D eigenvalue weighted by Crippen LogP contribution is -2.48. The first-order valence-electron chi connectivity index (χ1n) is 19.4. The second-order valence-electron chi connectivity index (χ2n) is 16.3. The third kappa shape index (κ3) is 5.30. The summed E-state index contributed by atoms with van der Waals surface area (Å²) in [6.45, 7) is 0. The molecule has 0 atom stereocenters. The summed E-state index contributed by atoms with van der Waals surface area (Å²) in [4.78, 5) is 15.4. The van der Waals surface area contributed by atoms with E-state index < -0.39 is 0 Å². The molecule has 4 heteroatoms. The Kier molecular flexibility index (Phi) is 7.07. The fourth-order valence-electron chi connectivity index (χ4n) is 10.7. The van der Waals surface area contributed by atoms with Gasteiger partial charge in [0, 0.05) is 16.7 Å². The topological polar surface area (TPSA) is 62.5 Å². The minimum absolute atomic E-state index is 0.348. The predicted octanol–water partition coefficient (Wildman–Crippen LogP) is 12.3. The maximum Gasteiger partial charge on any atom is 0.164 e. The monoisotopic (exact) mass is 694 g/mol. The minimum Gasteiger partial charge on any atom is -0.208 e. The zero-order valence-electron chi connectivity index (χ0n) is 30.0. The van der Waals surface area contributed by atoms with Gasteiger partial charge in [0.15, 0.2) is 17.5 Å². The summed E-state index contributed by atoms with van der Waals surface area (Å²) in [7, 11) is 0. The Morgan fingerprint density at radius 2 is 0.926 bits per heavy atom. The van der Waals surface area contributed by atoms with Crippen LogP contribution in [0.1, 0.15) is 49.7 Å². The molecule has 4 saturated carbocycles. The van der Waals surface area contributed by atoms with E-state index in [0.717, 1.165) is 61.6 Å². The summed E-state index contributed by atoms with van der Waals surface area (Å²) in [5.41, 5.74) is 7.77. The van der Waals surface area contributed by atoms with Crippen LogP contribution in [0.25, 0.3) is 77.6 Å². The molecule has 7 aromatic carbocycles. The highest BCUT2D eigenvalue weighted by molar-refractivity contribution is 6.08. The van der Waals surface area contributed by atoms with Crippen LogP contribution in [0.4, 0.5) is 0 Å². The third-order valence-electron chi connectivity index (χ3n) is 12.9. The van der Waals surface area contributed by atoms with Crippen LogP contribution < -0.4 is 0 Å². The smallest absolute Gasteiger partial charge is 0.164 e. The van der Waals surface area contributed by atoms with Gasteiger partial charge in [-0.1, -0.05) is 115 Å². The Labute approximate surface area is 315 Å². The van der Waals surface area contributed by atoms with Crippen molar-refractivity contribution in [2.45, 2.75) is 43.9 Å². The van der Waals surface area contributed by atoms with E-state index in [0.29, 0.717) is 28.5 Å². The number of nitriles is 1. The number of hydrogen-bond acceptors (Lipinski definition) is 4. The molecule has 0 amide bonds. The number of fused-ring (bicyclic) bond motifs is 4. The van der Waals surface area contributed by atoms with E-state index in [2.05, 4.69) is 127 Å². The molecule has 4 fully saturated rings. The summed E-state index contributed by atoms with van der Waals surface area (Å²) in [6.07, 6.45) is 8.40. The fraction of sp³-hybridized carbons (Fsp3) is 0.200. The van der Waals surface area contributed by atoms with Crippen molar-refractivity contribution in [3.05, 3.63) is 151 Å². The normalized spacial score (nSPS) is 21.5. The van der Waals surface area contributed by atoms with Gasteiger partial charge in [0.25, 0.3) is 0 Å². The molecule has 0 aliphatic heterocycles. The molecule has 1 aromatic heterocycles. The van der Waals surface area contributed by atoms with Crippen molar-refractivity contribution in [1.29, 1.82) is 5.26 Å². The van der Waals surface area contributed by atoms with E-state index >= 15 is 0 Å². The van der Waals surface area contributed by atoms with E-state index in [1.807, 2.05) is 18.2 Å². The first-order chi connectivity index (χ1) is 26.6. The Bertz CT molecular complexity index is 2780. The standard InChI is InChI=1S/C50H38N4/c51-30-31-5-19-45-41(24-31)12-13-42-26-43(16-20-46(42)45)49-53-47(37-9-6-36(7-10-37)40-11-8-35-3-1-2-4-39(35)25-40)52-48(54-49)38-14-17-44(18-15-38)50-27-32-21-33(28-50)23-34(22-32)29-50/h1-20,24-26,32-34H,21-23,27-29H2. The molecular formula is C50H38N4. The fourth-order valence-corrected chi connectivity index (χ4v) is 10.7. The predicted molar refractivity (Wildman–Crippen MR) is 219 cm³/mol. The average Bonchev–Trinajstić information content (AvgIpc) is 3.22. The Balaban J connectivity index is 0.994. The number of nitrogens with zero attached hydrogens (tertiary/aromatic N) is 4. The Hall–Kier alpha value is -6.18. The number of rotatable bonds is 5. The summed E-state index contributed by atoms with van der Waals surface area (Å²) in [6, 6.07) is 51.8. The maximum absolute atomic E-state index is 9.43. The maximum atomic E-state index is 9.43. The van der Waals surface area contributed by atoms with Crippen molar-refractivity contribution in [3.8, 4) is 51.4 Å². The average molecular weight is 695 g/mol. The molecule has 4 aliphatic rings. The van der Waals surface area contributed by atoms with Crippen molar-refractivity contribution < 1.29 is 0 Å². The lowest BCUT2D eigenvalue weighted by molar-refractivity contribution is -0.00518. The van der Waals surface area contributed by atoms with Crippen LogP contribution in [0, 0.1) is 29.1 Å². The van der Waals surface area contributed by atoms with E-state index in [9.17, 15) is 5.26 Å². The van der Waals surface area contributed by atoms with Crippen LogP contribution in [0.5, 0.6) is 0 Å². The zero-order valence-corrected chi connectivity index (χ0v) is 30.0. The van der Waals surface area contributed by atoms with Crippen molar-refractivity contribution in [3.63, 3.8) is 0 Å². The molecule has 4 bridgehead atoms. The SMILES string of the molecule is N#Cc1ccc2c(ccc3cc(-c4nc(-c5ccc(-c6ccc7ccccc7c6)cc5)nc(-c5ccc(C67CC8CC(CC(C8)C6)C7)cc5)n4)ccc32)c1. The van der Waals surface area contributed by atoms with Gasteiger partial charge >= 0.3 is 0 Å². The second kappa shape index (κ2) is 12.2. The third-order valence-corrected chi connectivity index (χ3v) is 12.9. The second-order valence-corrected chi connectivity index (χ2v) is 16.3. The van der Waals surface area contributed by atoms with Gasteiger partial charge in [-0.25, -0.2) is 15.0 Å². The van der Waals surface area contributed by atoms with Gasteiger partial charge in [-0.15, -0.1) is 0 Å². The van der Waals surface area contributed by atoms with Gasteiger partial charge in [-0.2, -0.15) is 5.26 Å². The van der Waals surface area contributed by atoms with Crippen molar-refractivity contribution >= 4 is 32.3 Å². The minimum atomic E-state index is 0.348.